The number of carbonyl (C=O) groups is 2. The fraction of sp³-hybridized carbons (Fsp3) is 0.280. The highest BCUT2D eigenvalue weighted by molar-refractivity contribution is 7.18. The number of hydrogen-bond acceptors (Lipinski definition) is 4. The first-order valence-corrected chi connectivity index (χ1v) is 11.9. The molecule has 2 amide bonds. The zero-order chi connectivity index (χ0) is 23.4. The van der Waals surface area contributed by atoms with Gasteiger partial charge in [0.15, 0.2) is 0 Å². The van der Waals surface area contributed by atoms with Crippen LogP contribution in [0.1, 0.15) is 44.0 Å². The molecule has 1 N–H and O–H groups in total. The largest absolute Gasteiger partial charge is 0.376 e. The van der Waals surface area contributed by atoms with Crippen LogP contribution in [-0.2, 0) is 11.3 Å². The van der Waals surface area contributed by atoms with Crippen LogP contribution >= 0.6 is 22.9 Å². The van der Waals surface area contributed by atoms with Gasteiger partial charge in [0.25, 0.3) is 11.8 Å². The molecule has 1 atom stereocenters. The van der Waals surface area contributed by atoms with Crippen LogP contribution in [0.2, 0.25) is 5.02 Å². The number of thiophene rings is 1. The van der Waals surface area contributed by atoms with Crippen LogP contribution in [0.4, 0.5) is 9.39 Å². The van der Waals surface area contributed by atoms with Crippen LogP contribution in [0.25, 0.3) is 0 Å². The lowest BCUT2D eigenvalue weighted by Gasteiger charge is -2.25. The van der Waals surface area contributed by atoms with Crippen molar-refractivity contribution in [1.82, 2.24) is 4.90 Å². The van der Waals surface area contributed by atoms with Gasteiger partial charge in [-0.3, -0.25) is 9.59 Å². The van der Waals surface area contributed by atoms with Crippen LogP contribution in [0.5, 0.6) is 0 Å². The van der Waals surface area contributed by atoms with E-state index in [9.17, 15) is 14.0 Å². The lowest BCUT2D eigenvalue weighted by molar-refractivity contribution is 0.0510. The predicted molar refractivity (Wildman–Crippen MR) is 129 cm³/mol. The summed E-state index contributed by atoms with van der Waals surface area (Å²) in [5.41, 5.74) is 1.84. The lowest BCUT2D eigenvalue weighted by atomic mass is 10.1. The van der Waals surface area contributed by atoms with Crippen molar-refractivity contribution in [3.05, 3.63) is 87.0 Å². The Kier molecular flexibility index (Phi) is 7.42. The van der Waals surface area contributed by atoms with Crippen molar-refractivity contribution in [1.29, 1.82) is 0 Å². The lowest BCUT2D eigenvalue weighted by Crippen LogP contribution is -2.36. The van der Waals surface area contributed by atoms with E-state index in [0.717, 1.165) is 18.4 Å². The standard InChI is InChI=1S/C25H24ClFN2O3S/c1-16-12-22(28-24(30)20-9-2-3-10-21(20)26)33-23(16)25(31)29(15-19-8-5-11-32-19)14-17-6-4-7-18(27)13-17/h2-4,6-7,9-10,12-13,19H,5,8,11,14-15H2,1H3,(H,28,30). The molecule has 2 aromatic carbocycles. The van der Waals surface area contributed by atoms with E-state index >= 15 is 0 Å². The quantitative estimate of drug-likeness (QED) is 0.450. The number of nitrogens with zero attached hydrogens (tertiary/aromatic N) is 1. The third-order valence-corrected chi connectivity index (χ3v) is 6.94. The second kappa shape index (κ2) is 10.5. The summed E-state index contributed by atoms with van der Waals surface area (Å²) in [7, 11) is 0. The van der Waals surface area contributed by atoms with Gasteiger partial charge in [-0.25, -0.2) is 4.39 Å². The zero-order valence-corrected chi connectivity index (χ0v) is 19.7. The van der Waals surface area contributed by atoms with Crippen molar-refractivity contribution < 1.29 is 18.7 Å². The Morgan fingerprint density at radius 1 is 1.21 bits per heavy atom. The third kappa shape index (κ3) is 5.79. The third-order valence-electron chi connectivity index (χ3n) is 5.46. The van der Waals surface area contributed by atoms with E-state index in [1.54, 1.807) is 47.4 Å². The SMILES string of the molecule is Cc1cc(NC(=O)c2ccccc2Cl)sc1C(=O)N(Cc1cccc(F)c1)CC1CCCO1. The molecule has 0 saturated carbocycles. The fourth-order valence-corrected chi connectivity index (χ4v) is 5.09. The van der Waals surface area contributed by atoms with Gasteiger partial charge < -0.3 is 15.0 Å². The predicted octanol–water partition coefficient (Wildman–Crippen LogP) is 5.92. The summed E-state index contributed by atoms with van der Waals surface area (Å²) >= 11 is 7.34. The van der Waals surface area contributed by atoms with E-state index < -0.39 is 0 Å². The molecule has 4 rings (SSSR count). The molecule has 0 spiro atoms. The highest BCUT2D eigenvalue weighted by atomic mass is 35.5. The van der Waals surface area contributed by atoms with Crippen molar-refractivity contribution >= 4 is 39.8 Å². The van der Waals surface area contributed by atoms with Gasteiger partial charge in [0, 0.05) is 19.7 Å². The number of halogens is 2. The van der Waals surface area contributed by atoms with E-state index in [-0.39, 0.29) is 30.3 Å². The smallest absolute Gasteiger partial charge is 0.264 e. The minimum atomic E-state index is -0.339. The minimum absolute atomic E-state index is 0.0397. The summed E-state index contributed by atoms with van der Waals surface area (Å²) in [6.45, 7) is 3.22. The number of carbonyl (C=O) groups excluding carboxylic acids is 2. The highest BCUT2D eigenvalue weighted by Crippen LogP contribution is 2.30. The Morgan fingerprint density at radius 2 is 2.03 bits per heavy atom. The molecule has 3 aromatic rings. The van der Waals surface area contributed by atoms with Gasteiger partial charge in [0.05, 0.1) is 26.6 Å². The van der Waals surface area contributed by atoms with Crippen LogP contribution in [0.15, 0.2) is 54.6 Å². The fourth-order valence-electron chi connectivity index (χ4n) is 3.83. The molecule has 172 valence electrons. The van der Waals surface area contributed by atoms with E-state index in [1.807, 2.05) is 6.92 Å². The zero-order valence-electron chi connectivity index (χ0n) is 18.1. The molecule has 0 bridgehead atoms. The molecule has 1 aliphatic rings. The molecule has 1 aromatic heterocycles. The monoisotopic (exact) mass is 486 g/mol. The molecule has 8 heteroatoms. The van der Waals surface area contributed by atoms with Gasteiger partial charge in [-0.2, -0.15) is 0 Å². The maximum atomic E-state index is 13.7. The molecule has 1 fully saturated rings. The molecule has 1 aliphatic heterocycles. The van der Waals surface area contributed by atoms with Crippen LogP contribution in [0, 0.1) is 12.7 Å². The van der Waals surface area contributed by atoms with Crippen molar-refractivity contribution in [2.45, 2.75) is 32.4 Å². The number of rotatable bonds is 7. The van der Waals surface area contributed by atoms with Gasteiger partial charge in [-0.1, -0.05) is 35.9 Å². The van der Waals surface area contributed by atoms with Gasteiger partial charge in [-0.05, 0) is 61.2 Å². The molecule has 5 nitrogen and oxygen atoms in total. The highest BCUT2D eigenvalue weighted by Gasteiger charge is 2.26. The topological polar surface area (TPSA) is 58.6 Å². The molecule has 1 unspecified atom stereocenters. The van der Waals surface area contributed by atoms with Crippen LogP contribution < -0.4 is 5.32 Å². The van der Waals surface area contributed by atoms with Gasteiger partial charge >= 0.3 is 0 Å². The molecule has 1 saturated heterocycles. The van der Waals surface area contributed by atoms with E-state index in [2.05, 4.69) is 5.32 Å². The number of aryl methyl sites for hydroxylation is 1. The van der Waals surface area contributed by atoms with Crippen LogP contribution in [0.3, 0.4) is 0 Å². The first-order valence-electron chi connectivity index (χ1n) is 10.7. The van der Waals surface area contributed by atoms with E-state index in [4.69, 9.17) is 16.3 Å². The van der Waals surface area contributed by atoms with Gasteiger partial charge in [0.1, 0.15) is 5.82 Å². The summed E-state index contributed by atoms with van der Waals surface area (Å²) in [6, 6.07) is 14.8. The Bertz CT molecular complexity index is 1160. The maximum Gasteiger partial charge on any atom is 0.264 e. The molecule has 0 radical (unpaired) electrons. The second-order valence-corrected chi connectivity index (χ2v) is 9.47. The van der Waals surface area contributed by atoms with Crippen LogP contribution in [-0.4, -0.2) is 36.0 Å². The first kappa shape index (κ1) is 23.4. The number of hydrogen-bond donors (Lipinski definition) is 1. The normalized spacial score (nSPS) is 15.4. The summed E-state index contributed by atoms with van der Waals surface area (Å²) in [4.78, 5) is 28.4. The molecule has 33 heavy (non-hydrogen) atoms. The number of benzene rings is 2. The summed E-state index contributed by atoms with van der Waals surface area (Å²) in [5, 5.41) is 3.75. The Hall–Kier alpha value is -2.74. The van der Waals surface area contributed by atoms with E-state index in [1.165, 1.54) is 23.5 Å². The van der Waals surface area contributed by atoms with Gasteiger partial charge in [0.2, 0.25) is 0 Å². The number of anilines is 1. The Balaban J connectivity index is 1.54. The Morgan fingerprint density at radius 3 is 2.76 bits per heavy atom. The summed E-state index contributed by atoms with van der Waals surface area (Å²) in [5.74, 6) is -0.846. The minimum Gasteiger partial charge on any atom is -0.376 e. The molecule has 0 aliphatic carbocycles. The summed E-state index contributed by atoms with van der Waals surface area (Å²) < 4.78 is 19.5. The number of nitrogens with one attached hydrogen (secondary N) is 1. The average molecular weight is 487 g/mol. The van der Waals surface area contributed by atoms with Crippen molar-refractivity contribution in [2.75, 3.05) is 18.5 Å². The Labute approximate surface area is 201 Å². The van der Waals surface area contributed by atoms with Crippen molar-refractivity contribution in [2.24, 2.45) is 0 Å². The first-order chi connectivity index (χ1) is 15.9. The molecule has 2 heterocycles. The average Bonchev–Trinajstić information content (AvgIpc) is 3.42. The van der Waals surface area contributed by atoms with Crippen molar-refractivity contribution in [3.8, 4) is 0 Å². The summed E-state index contributed by atoms with van der Waals surface area (Å²) in [6.07, 6.45) is 1.81. The van der Waals surface area contributed by atoms with Gasteiger partial charge in [-0.15, -0.1) is 11.3 Å². The van der Waals surface area contributed by atoms with Crippen molar-refractivity contribution in [3.63, 3.8) is 0 Å². The van der Waals surface area contributed by atoms with E-state index in [0.29, 0.717) is 39.2 Å². The molecular formula is C25H24ClFN2O3S. The second-order valence-electron chi connectivity index (χ2n) is 8.01. The number of ether oxygens (including phenoxy) is 1. The molecular weight excluding hydrogens is 463 g/mol. The number of amides is 2. The maximum absolute atomic E-state index is 13.7.